The molecule has 0 amide bonds. The van der Waals surface area contributed by atoms with E-state index in [1.165, 1.54) is 0 Å². The Bertz CT molecular complexity index is 231. The van der Waals surface area contributed by atoms with Gasteiger partial charge in [0.25, 0.3) is 0 Å². The van der Waals surface area contributed by atoms with Gasteiger partial charge in [-0.3, -0.25) is 4.79 Å². The molecule has 0 aliphatic heterocycles. The Hall–Kier alpha value is -1.03. The quantitative estimate of drug-likeness (QED) is 0.674. The van der Waals surface area contributed by atoms with Crippen molar-refractivity contribution in [3.63, 3.8) is 0 Å². The predicted molar refractivity (Wildman–Crippen MR) is 61.3 cm³/mol. The van der Waals surface area contributed by atoms with Crippen LogP contribution in [0.25, 0.3) is 0 Å². The molecule has 0 unspecified atom stereocenters. The number of hydrogen-bond acceptors (Lipinski definition) is 4. The number of likely N-dealkylation sites (N-methyl/N-ethyl adjacent to an activating group) is 1. The van der Waals surface area contributed by atoms with Gasteiger partial charge in [0.1, 0.15) is 5.60 Å². The first-order valence-electron chi connectivity index (χ1n) is 5.10. The molecule has 4 nitrogen and oxygen atoms in total. The van der Waals surface area contributed by atoms with Crippen LogP contribution in [0.2, 0.25) is 0 Å². The first kappa shape index (κ1) is 14.0. The molecule has 0 aromatic carbocycles. The minimum absolute atomic E-state index is 0.206. The Morgan fingerprint density at radius 2 is 2.07 bits per heavy atom. The fourth-order valence-electron chi connectivity index (χ4n) is 1.03. The third kappa shape index (κ3) is 6.96. The van der Waals surface area contributed by atoms with Crippen LogP contribution in [-0.4, -0.2) is 24.7 Å². The molecule has 88 valence electrons. The molecule has 0 rings (SSSR count). The molecule has 0 heterocycles. The molecule has 15 heavy (non-hydrogen) atoms. The highest BCUT2D eigenvalue weighted by Crippen LogP contribution is 2.10. The number of esters is 1. The van der Waals surface area contributed by atoms with Crippen LogP contribution >= 0.6 is 0 Å². The van der Waals surface area contributed by atoms with Gasteiger partial charge in [-0.15, -0.1) is 0 Å². The molecule has 0 saturated heterocycles. The Labute approximate surface area is 91.9 Å². The lowest BCUT2D eigenvalue weighted by molar-refractivity contribution is -0.154. The maximum atomic E-state index is 11.3. The predicted octanol–water partition coefficient (Wildman–Crippen LogP) is 1.17. The van der Waals surface area contributed by atoms with Crippen molar-refractivity contribution in [2.75, 3.05) is 7.05 Å². The Balaban J connectivity index is 3.86. The molecule has 0 radical (unpaired) electrons. The zero-order valence-corrected chi connectivity index (χ0v) is 10.1. The topological polar surface area (TPSA) is 64.3 Å². The summed E-state index contributed by atoms with van der Waals surface area (Å²) in [7, 11) is 1.76. The van der Waals surface area contributed by atoms with Gasteiger partial charge >= 0.3 is 5.97 Å². The number of carbonyl (C=O) groups excluding carboxylic acids is 1. The summed E-state index contributed by atoms with van der Waals surface area (Å²) in [5.74, 6) is -0.221. The van der Waals surface area contributed by atoms with E-state index in [2.05, 4.69) is 11.9 Å². The van der Waals surface area contributed by atoms with Crippen LogP contribution in [0.1, 0.15) is 33.6 Å². The van der Waals surface area contributed by atoms with Gasteiger partial charge in [0, 0.05) is 25.2 Å². The molecule has 0 aromatic rings. The van der Waals surface area contributed by atoms with E-state index in [4.69, 9.17) is 10.5 Å². The summed E-state index contributed by atoms with van der Waals surface area (Å²) >= 11 is 0. The SMILES string of the molecule is C=C(NC)[C@@H](N)CCC(=O)OC(C)(C)C. The normalized spacial score (nSPS) is 13.1. The minimum atomic E-state index is -0.429. The van der Waals surface area contributed by atoms with Crippen molar-refractivity contribution < 1.29 is 9.53 Å². The average Bonchev–Trinajstić information content (AvgIpc) is 2.10. The van der Waals surface area contributed by atoms with E-state index in [1.54, 1.807) is 7.05 Å². The van der Waals surface area contributed by atoms with Crippen LogP contribution in [0, 0.1) is 0 Å². The average molecular weight is 214 g/mol. The van der Waals surface area contributed by atoms with Crippen LogP contribution in [0.5, 0.6) is 0 Å². The van der Waals surface area contributed by atoms with E-state index in [9.17, 15) is 4.79 Å². The van der Waals surface area contributed by atoms with Crippen molar-refractivity contribution in [1.29, 1.82) is 0 Å². The summed E-state index contributed by atoms with van der Waals surface area (Å²) in [6.45, 7) is 9.27. The summed E-state index contributed by atoms with van der Waals surface area (Å²) < 4.78 is 5.16. The second kappa shape index (κ2) is 5.75. The number of nitrogens with two attached hydrogens (primary N) is 1. The first-order chi connectivity index (χ1) is 6.76. The van der Waals surface area contributed by atoms with Gasteiger partial charge in [0.2, 0.25) is 0 Å². The molecule has 0 aliphatic carbocycles. The fourth-order valence-corrected chi connectivity index (χ4v) is 1.03. The van der Waals surface area contributed by atoms with Crippen LogP contribution in [0.3, 0.4) is 0 Å². The maximum absolute atomic E-state index is 11.3. The number of nitrogens with one attached hydrogen (secondary N) is 1. The molecule has 3 N–H and O–H groups in total. The van der Waals surface area contributed by atoms with Gasteiger partial charge in [-0.25, -0.2) is 0 Å². The van der Waals surface area contributed by atoms with Gasteiger partial charge in [-0.2, -0.15) is 0 Å². The minimum Gasteiger partial charge on any atom is -0.460 e. The van der Waals surface area contributed by atoms with E-state index < -0.39 is 5.60 Å². The Kier molecular flexibility index (Phi) is 5.36. The van der Waals surface area contributed by atoms with Crippen molar-refractivity contribution in [3.8, 4) is 0 Å². The second-order valence-corrected chi connectivity index (χ2v) is 4.51. The van der Waals surface area contributed by atoms with Gasteiger partial charge in [-0.1, -0.05) is 6.58 Å². The molecule has 0 aliphatic rings. The number of rotatable bonds is 5. The van der Waals surface area contributed by atoms with E-state index in [0.29, 0.717) is 12.8 Å². The standard InChI is InChI=1S/C11H22N2O2/c1-8(13-5)9(12)6-7-10(14)15-11(2,3)4/h9,13H,1,6-7,12H2,2-5H3/t9-/m0/s1. The second-order valence-electron chi connectivity index (χ2n) is 4.51. The maximum Gasteiger partial charge on any atom is 0.306 e. The monoisotopic (exact) mass is 214 g/mol. The summed E-state index contributed by atoms with van der Waals surface area (Å²) in [4.78, 5) is 11.3. The van der Waals surface area contributed by atoms with Crippen LogP contribution < -0.4 is 11.1 Å². The van der Waals surface area contributed by atoms with Crippen LogP contribution in [0.4, 0.5) is 0 Å². The van der Waals surface area contributed by atoms with Crippen molar-refractivity contribution in [1.82, 2.24) is 5.32 Å². The van der Waals surface area contributed by atoms with Gasteiger partial charge in [0.15, 0.2) is 0 Å². The largest absolute Gasteiger partial charge is 0.460 e. The fraction of sp³-hybridized carbons (Fsp3) is 0.727. The molecule has 0 fully saturated rings. The van der Waals surface area contributed by atoms with Crippen LogP contribution in [-0.2, 0) is 9.53 Å². The molecule has 0 saturated carbocycles. The first-order valence-corrected chi connectivity index (χ1v) is 5.10. The number of ether oxygens (including phenoxy) is 1. The zero-order chi connectivity index (χ0) is 12.1. The smallest absolute Gasteiger partial charge is 0.306 e. The van der Waals surface area contributed by atoms with Crippen molar-refractivity contribution in [2.45, 2.75) is 45.3 Å². The third-order valence-corrected chi connectivity index (χ3v) is 1.85. The summed E-state index contributed by atoms with van der Waals surface area (Å²) in [5, 5.41) is 2.87. The molecule has 0 spiro atoms. The highest BCUT2D eigenvalue weighted by atomic mass is 16.6. The summed E-state index contributed by atoms with van der Waals surface area (Å²) in [6, 6.07) is -0.206. The molecular formula is C11H22N2O2. The highest BCUT2D eigenvalue weighted by Gasteiger charge is 2.17. The summed E-state index contributed by atoms with van der Waals surface area (Å²) in [5.41, 5.74) is 6.08. The zero-order valence-electron chi connectivity index (χ0n) is 10.1. The molecule has 0 bridgehead atoms. The van der Waals surface area contributed by atoms with Crippen molar-refractivity contribution in [2.24, 2.45) is 5.73 Å². The van der Waals surface area contributed by atoms with Gasteiger partial charge < -0.3 is 15.8 Å². The van der Waals surface area contributed by atoms with Crippen molar-refractivity contribution in [3.05, 3.63) is 12.3 Å². The highest BCUT2D eigenvalue weighted by molar-refractivity contribution is 5.69. The lowest BCUT2D eigenvalue weighted by Gasteiger charge is -2.20. The number of hydrogen-bond donors (Lipinski definition) is 2. The number of carbonyl (C=O) groups is 1. The van der Waals surface area contributed by atoms with Gasteiger partial charge in [0.05, 0.1) is 0 Å². The Morgan fingerprint density at radius 3 is 2.47 bits per heavy atom. The van der Waals surface area contributed by atoms with Crippen LogP contribution in [0.15, 0.2) is 12.3 Å². The van der Waals surface area contributed by atoms with Gasteiger partial charge in [-0.05, 0) is 27.2 Å². The van der Waals surface area contributed by atoms with E-state index in [-0.39, 0.29) is 12.0 Å². The summed E-state index contributed by atoms with van der Waals surface area (Å²) in [6.07, 6.45) is 0.869. The van der Waals surface area contributed by atoms with E-state index in [1.807, 2.05) is 20.8 Å². The van der Waals surface area contributed by atoms with E-state index in [0.717, 1.165) is 5.70 Å². The lowest BCUT2D eigenvalue weighted by Crippen LogP contribution is -2.30. The van der Waals surface area contributed by atoms with E-state index >= 15 is 0 Å². The third-order valence-electron chi connectivity index (χ3n) is 1.85. The van der Waals surface area contributed by atoms with Crippen molar-refractivity contribution >= 4 is 5.97 Å². The molecule has 1 atom stereocenters. The molecular weight excluding hydrogens is 192 g/mol. The Morgan fingerprint density at radius 1 is 1.53 bits per heavy atom. The lowest BCUT2D eigenvalue weighted by atomic mass is 10.1. The molecule has 4 heteroatoms. The molecule has 0 aromatic heterocycles.